The molecule has 0 saturated heterocycles. The van der Waals surface area contributed by atoms with Crippen LogP contribution in [0.4, 0.5) is 0 Å². The van der Waals surface area contributed by atoms with Gasteiger partial charge in [-0.15, -0.1) is 0 Å². The van der Waals surface area contributed by atoms with E-state index in [-0.39, 0.29) is 5.41 Å². The van der Waals surface area contributed by atoms with Crippen molar-refractivity contribution < 1.29 is 4.79 Å². The van der Waals surface area contributed by atoms with E-state index in [2.05, 4.69) is 31.2 Å². The van der Waals surface area contributed by atoms with Gasteiger partial charge in [-0.1, -0.05) is 56.5 Å². The first-order chi connectivity index (χ1) is 8.15. The van der Waals surface area contributed by atoms with Crippen molar-refractivity contribution in [2.75, 3.05) is 0 Å². The number of aryl methyl sites for hydroxylation is 1. The summed E-state index contributed by atoms with van der Waals surface area (Å²) in [5, 5.41) is 0. The Hall–Kier alpha value is -1.11. The van der Waals surface area contributed by atoms with E-state index < -0.39 is 0 Å². The van der Waals surface area contributed by atoms with E-state index in [4.69, 9.17) is 0 Å². The van der Waals surface area contributed by atoms with Crippen LogP contribution in [0.1, 0.15) is 57.6 Å². The lowest BCUT2D eigenvalue weighted by atomic mass is 9.75. The highest BCUT2D eigenvalue weighted by atomic mass is 16.1. The summed E-state index contributed by atoms with van der Waals surface area (Å²) in [5.74, 6) is 0.337. The maximum absolute atomic E-state index is 11.9. The largest absolute Gasteiger partial charge is 0.299 e. The Bertz CT molecular complexity index is 356. The maximum atomic E-state index is 11.9. The predicted octanol–water partition coefficient (Wildman–Crippen LogP) is 4.42. The fourth-order valence-corrected chi connectivity index (χ4v) is 2.70. The fraction of sp³-hybridized carbons (Fsp3) is 0.562. The molecule has 1 aliphatic carbocycles. The van der Waals surface area contributed by atoms with Crippen molar-refractivity contribution >= 4 is 5.78 Å². The van der Waals surface area contributed by atoms with E-state index in [0.717, 1.165) is 12.8 Å². The molecule has 0 aromatic heterocycles. The van der Waals surface area contributed by atoms with Crippen molar-refractivity contribution in [3.8, 4) is 0 Å². The van der Waals surface area contributed by atoms with E-state index >= 15 is 0 Å². The standard InChI is InChI=1S/C14H18O.C2H6/c1-11-5-7-13(8-6-11)14(12(2)15)9-3-4-10-14;1-2/h5-8H,3-4,9-10H2,1-2H3;1-2H3. The molecule has 0 spiro atoms. The van der Waals surface area contributed by atoms with Crippen LogP contribution in [0.3, 0.4) is 0 Å². The van der Waals surface area contributed by atoms with Crippen LogP contribution in [0.5, 0.6) is 0 Å². The molecule has 0 radical (unpaired) electrons. The van der Waals surface area contributed by atoms with Crippen LogP contribution in [0.15, 0.2) is 24.3 Å². The smallest absolute Gasteiger partial charge is 0.140 e. The van der Waals surface area contributed by atoms with Gasteiger partial charge >= 0.3 is 0 Å². The number of carbonyl (C=O) groups excluding carboxylic acids is 1. The van der Waals surface area contributed by atoms with Crippen LogP contribution < -0.4 is 0 Å². The van der Waals surface area contributed by atoms with Crippen LogP contribution in [-0.4, -0.2) is 5.78 Å². The van der Waals surface area contributed by atoms with Crippen molar-refractivity contribution in [1.82, 2.24) is 0 Å². The SMILES string of the molecule is CC.CC(=O)C1(c2ccc(C)cc2)CCCC1. The summed E-state index contributed by atoms with van der Waals surface area (Å²) in [6.07, 6.45) is 4.44. The van der Waals surface area contributed by atoms with Crippen LogP contribution in [-0.2, 0) is 10.2 Å². The third-order valence-corrected chi connectivity index (χ3v) is 3.74. The molecule has 0 heterocycles. The molecule has 0 amide bonds. The first kappa shape index (κ1) is 14.0. The topological polar surface area (TPSA) is 17.1 Å². The van der Waals surface area contributed by atoms with Crippen molar-refractivity contribution in [2.24, 2.45) is 0 Å². The second-order valence-corrected chi connectivity index (χ2v) is 4.71. The number of ketones is 1. The molecular weight excluding hydrogens is 208 g/mol. The third kappa shape index (κ3) is 2.77. The van der Waals surface area contributed by atoms with E-state index in [0.29, 0.717) is 5.78 Å². The van der Waals surface area contributed by atoms with Crippen molar-refractivity contribution in [3.05, 3.63) is 35.4 Å². The Morgan fingerprint density at radius 2 is 1.53 bits per heavy atom. The molecule has 94 valence electrons. The molecule has 0 aliphatic heterocycles. The summed E-state index contributed by atoms with van der Waals surface area (Å²) in [5.41, 5.74) is 2.32. The summed E-state index contributed by atoms with van der Waals surface area (Å²) in [6.45, 7) is 7.82. The molecule has 2 rings (SSSR count). The minimum Gasteiger partial charge on any atom is -0.299 e. The number of hydrogen-bond acceptors (Lipinski definition) is 1. The number of hydrogen-bond donors (Lipinski definition) is 0. The first-order valence-electron chi connectivity index (χ1n) is 6.73. The molecule has 1 heteroatoms. The zero-order valence-corrected chi connectivity index (χ0v) is 11.5. The normalized spacial score (nSPS) is 17.2. The molecule has 0 unspecified atom stereocenters. The van der Waals surface area contributed by atoms with Gasteiger partial charge in [0.1, 0.15) is 5.78 Å². The first-order valence-corrected chi connectivity index (χ1v) is 6.73. The quantitative estimate of drug-likeness (QED) is 0.737. The summed E-state index contributed by atoms with van der Waals surface area (Å²) in [7, 11) is 0. The van der Waals surface area contributed by atoms with E-state index in [1.54, 1.807) is 6.92 Å². The Kier molecular flexibility index (Phi) is 4.92. The minimum absolute atomic E-state index is 0.159. The lowest BCUT2D eigenvalue weighted by molar-refractivity contribution is -0.122. The van der Waals surface area contributed by atoms with Crippen LogP contribution in [0.2, 0.25) is 0 Å². The molecule has 0 N–H and O–H groups in total. The van der Waals surface area contributed by atoms with E-state index in [9.17, 15) is 4.79 Å². The monoisotopic (exact) mass is 232 g/mol. The average molecular weight is 232 g/mol. The lowest BCUT2D eigenvalue weighted by Gasteiger charge is -2.26. The molecule has 1 saturated carbocycles. The van der Waals surface area contributed by atoms with Crippen molar-refractivity contribution in [2.45, 2.75) is 58.8 Å². The molecule has 17 heavy (non-hydrogen) atoms. The van der Waals surface area contributed by atoms with Gasteiger partial charge in [-0.2, -0.15) is 0 Å². The number of carbonyl (C=O) groups is 1. The van der Waals surface area contributed by atoms with Crippen LogP contribution in [0, 0.1) is 6.92 Å². The number of rotatable bonds is 2. The van der Waals surface area contributed by atoms with Gasteiger partial charge in [0.05, 0.1) is 5.41 Å². The van der Waals surface area contributed by atoms with Crippen LogP contribution >= 0.6 is 0 Å². The van der Waals surface area contributed by atoms with E-state index in [1.165, 1.54) is 24.0 Å². The summed E-state index contributed by atoms with van der Waals surface area (Å²) in [6, 6.07) is 8.47. The highest BCUT2D eigenvalue weighted by Gasteiger charge is 2.39. The van der Waals surface area contributed by atoms with Gasteiger partial charge in [0.2, 0.25) is 0 Å². The minimum atomic E-state index is -0.159. The Labute approximate surface area is 105 Å². The molecule has 1 aliphatic rings. The second-order valence-electron chi connectivity index (χ2n) is 4.71. The zero-order valence-electron chi connectivity index (χ0n) is 11.5. The van der Waals surface area contributed by atoms with E-state index in [1.807, 2.05) is 13.8 Å². The molecule has 1 fully saturated rings. The Balaban J connectivity index is 0.000000686. The van der Waals surface area contributed by atoms with Gasteiger partial charge in [0.15, 0.2) is 0 Å². The summed E-state index contributed by atoms with van der Waals surface area (Å²) in [4.78, 5) is 11.9. The molecular formula is C16H24O. The van der Waals surface area contributed by atoms with Gasteiger partial charge in [-0.25, -0.2) is 0 Å². The Morgan fingerprint density at radius 3 is 1.94 bits per heavy atom. The van der Waals surface area contributed by atoms with Gasteiger partial charge in [-0.05, 0) is 32.3 Å². The lowest BCUT2D eigenvalue weighted by Crippen LogP contribution is -2.30. The van der Waals surface area contributed by atoms with Gasteiger partial charge in [0, 0.05) is 0 Å². The fourth-order valence-electron chi connectivity index (χ4n) is 2.70. The highest BCUT2D eigenvalue weighted by Crippen LogP contribution is 2.41. The van der Waals surface area contributed by atoms with Gasteiger partial charge < -0.3 is 0 Å². The average Bonchev–Trinajstić information content (AvgIpc) is 2.83. The molecule has 0 bridgehead atoms. The number of benzene rings is 1. The second kappa shape index (κ2) is 6.00. The van der Waals surface area contributed by atoms with Gasteiger partial charge in [-0.3, -0.25) is 4.79 Å². The van der Waals surface area contributed by atoms with Crippen LogP contribution in [0.25, 0.3) is 0 Å². The molecule has 1 aromatic carbocycles. The zero-order chi connectivity index (χ0) is 12.9. The highest BCUT2D eigenvalue weighted by molar-refractivity contribution is 5.88. The summed E-state index contributed by atoms with van der Waals surface area (Å²) >= 11 is 0. The van der Waals surface area contributed by atoms with Gasteiger partial charge in [0.25, 0.3) is 0 Å². The number of Topliss-reactive ketones (excluding diaryl/α,β-unsaturated/α-hetero) is 1. The third-order valence-electron chi connectivity index (χ3n) is 3.74. The maximum Gasteiger partial charge on any atom is 0.140 e. The Morgan fingerprint density at radius 1 is 1.06 bits per heavy atom. The molecule has 0 atom stereocenters. The van der Waals surface area contributed by atoms with Crippen molar-refractivity contribution in [3.63, 3.8) is 0 Å². The molecule has 1 aromatic rings. The predicted molar refractivity (Wildman–Crippen MR) is 73.4 cm³/mol. The molecule has 1 nitrogen and oxygen atoms in total. The summed E-state index contributed by atoms with van der Waals surface area (Å²) < 4.78 is 0. The van der Waals surface area contributed by atoms with Crippen molar-refractivity contribution in [1.29, 1.82) is 0 Å².